The molecule has 0 spiro atoms. The fraction of sp³-hybridized carbons (Fsp3) is 0.900. The van der Waals surface area contributed by atoms with Gasteiger partial charge in [-0.25, -0.2) is 0 Å². The van der Waals surface area contributed by atoms with Crippen LogP contribution in [0.25, 0.3) is 0 Å². The fourth-order valence-corrected chi connectivity index (χ4v) is 1.55. The molecular formula is C10H22N4O2. The Morgan fingerprint density at radius 3 is 2.81 bits per heavy atom. The maximum absolute atomic E-state index is 11.7. The molecule has 6 nitrogen and oxygen atoms in total. The predicted octanol–water partition coefficient (Wildman–Crippen LogP) is -2.02. The van der Waals surface area contributed by atoms with Gasteiger partial charge in [0.1, 0.15) is 0 Å². The van der Waals surface area contributed by atoms with Gasteiger partial charge < -0.3 is 26.0 Å². The molecule has 0 unspecified atom stereocenters. The van der Waals surface area contributed by atoms with Crippen molar-refractivity contribution >= 4 is 5.91 Å². The minimum absolute atomic E-state index is 0.167. The van der Waals surface area contributed by atoms with Crippen molar-refractivity contribution in [1.29, 1.82) is 0 Å². The number of hydrogen-bond acceptors (Lipinski definition) is 5. The number of amides is 1. The average Bonchev–Trinajstić information content (AvgIpc) is 2.34. The van der Waals surface area contributed by atoms with E-state index in [1.54, 1.807) is 0 Å². The van der Waals surface area contributed by atoms with Crippen molar-refractivity contribution in [1.82, 2.24) is 15.5 Å². The summed E-state index contributed by atoms with van der Waals surface area (Å²) in [6, 6.07) is 0. The van der Waals surface area contributed by atoms with Crippen molar-refractivity contribution in [3.05, 3.63) is 0 Å². The topological polar surface area (TPSA) is 79.6 Å². The smallest absolute Gasteiger partial charge is 0.236 e. The minimum Gasteiger partial charge on any atom is -0.379 e. The lowest BCUT2D eigenvalue weighted by molar-refractivity contribution is -0.130. The number of hydrogen-bond donors (Lipinski definition) is 3. The molecule has 1 heterocycles. The quantitative estimate of drug-likeness (QED) is 0.440. The summed E-state index contributed by atoms with van der Waals surface area (Å²) in [6.45, 7) is 6.22. The predicted molar refractivity (Wildman–Crippen MR) is 62.2 cm³/mol. The molecule has 94 valence electrons. The van der Waals surface area contributed by atoms with Crippen LogP contribution < -0.4 is 16.4 Å². The van der Waals surface area contributed by atoms with Crippen molar-refractivity contribution < 1.29 is 9.53 Å². The lowest BCUT2D eigenvalue weighted by Gasteiger charge is -2.27. The molecule has 1 fully saturated rings. The van der Waals surface area contributed by atoms with Crippen LogP contribution in [-0.4, -0.2) is 69.8 Å². The Balaban J connectivity index is 1.97. The molecule has 6 heteroatoms. The zero-order chi connectivity index (χ0) is 11.6. The summed E-state index contributed by atoms with van der Waals surface area (Å²) in [7, 11) is 0. The number of rotatable bonds is 7. The van der Waals surface area contributed by atoms with Crippen LogP contribution in [0.15, 0.2) is 0 Å². The number of nitrogens with one attached hydrogen (secondary N) is 2. The molecule has 0 aliphatic carbocycles. The maximum Gasteiger partial charge on any atom is 0.236 e. The number of ether oxygens (including phenoxy) is 1. The van der Waals surface area contributed by atoms with Crippen LogP contribution in [0.3, 0.4) is 0 Å². The normalized spacial score (nSPS) is 16.4. The average molecular weight is 230 g/mol. The van der Waals surface area contributed by atoms with Crippen LogP contribution in [-0.2, 0) is 9.53 Å². The van der Waals surface area contributed by atoms with Gasteiger partial charge in [0.25, 0.3) is 0 Å². The highest BCUT2D eigenvalue weighted by molar-refractivity contribution is 5.78. The molecule has 0 aromatic carbocycles. The third-order valence-electron chi connectivity index (χ3n) is 2.43. The summed E-state index contributed by atoms with van der Waals surface area (Å²) in [5.74, 6) is 0.167. The first-order valence-electron chi connectivity index (χ1n) is 5.81. The number of carbonyl (C=O) groups excluding carboxylic acids is 1. The summed E-state index contributed by atoms with van der Waals surface area (Å²) in [4.78, 5) is 13.5. The molecular weight excluding hydrogens is 208 g/mol. The van der Waals surface area contributed by atoms with Gasteiger partial charge in [0.05, 0.1) is 19.8 Å². The van der Waals surface area contributed by atoms with E-state index in [0.717, 1.165) is 26.2 Å². The second kappa shape index (κ2) is 8.46. The molecule has 4 N–H and O–H groups in total. The van der Waals surface area contributed by atoms with Crippen LogP contribution in [0.1, 0.15) is 0 Å². The van der Waals surface area contributed by atoms with E-state index in [1.165, 1.54) is 0 Å². The standard InChI is InChI=1S/C10H22N4O2/c11-1-7-16-8-4-13-9-10(15)14-5-2-12-3-6-14/h12-13H,1-9,11H2. The van der Waals surface area contributed by atoms with Gasteiger partial charge in [-0.15, -0.1) is 0 Å². The Labute approximate surface area is 96.5 Å². The molecule has 0 aromatic rings. The first kappa shape index (κ1) is 13.4. The Kier molecular flexibility index (Phi) is 7.07. The Bertz CT molecular complexity index is 195. The van der Waals surface area contributed by atoms with Crippen LogP contribution >= 0.6 is 0 Å². The third-order valence-corrected chi connectivity index (χ3v) is 2.43. The number of carbonyl (C=O) groups is 1. The van der Waals surface area contributed by atoms with Crippen molar-refractivity contribution in [2.75, 3.05) is 59.0 Å². The third kappa shape index (κ3) is 5.41. The van der Waals surface area contributed by atoms with Crippen LogP contribution in [0.4, 0.5) is 0 Å². The van der Waals surface area contributed by atoms with Gasteiger partial charge in [0, 0.05) is 39.3 Å². The van der Waals surface area contributed by atoms with E-state index >= 15 is 0 Å². The minimum atomic E-state index is 0.167. The summed E-state index contributed by atoms with van der Waals surface area (Å²) in [6.07, 6.45) is 0. The highest BCUT2D eigenvalue weighted by Crippen LogP contribution is 1.91. The monoisotopic (exact) mass is 230 g/mol. The van der Waals surface area contributed by atoms with Crippen molar-refractivity contribution in [2.45, 2.75) is 0 Å². The Morgan fingerprint density at radius 1 is 1.38 bits per heavy atom. The lowest BCUT2D eigenvalue weighted by Crippen LogP contribution is -2.49. The Hall–Kier alpha value is -0.690. The highest BCUT2D eigenvalue weighted by atomic mass is 16.5. The molecule has 1 rings (SSSR count). The zero-order valence-corrected chi connectivity index (χ0v) is 9.71. The van der Waals surface area contributed by atoms with Gasteiger partial charge in [-0.3, -0.25) is 4.79 Å². The van der Waals surface area contributed by atoms with Crippen LogP contribution in [0, 0.1) is 0 Å². The molecule has 1 aliphatic heterocycles. The summed E-state index contributed by atoms with van der Waals surface area (Å²) < 4.78 is 5.19. The number of nitrogens with zero attached hydrogens (tertiary/aromatic N) is 1. The van der Waals surface area contributed by atoms with E-state index in [9.17, 15) is 4.79 Å². The fourth-order valence-electron chi connectivity index (χ4n) is 1.55. The van der Waals surface area contributed by atoms with Gasteiger partial charge in [0.15, 0.2) is 0 Å². The van der Waals surface area contributed by atoms with Crippen LogP contribution in [0.5, 0.6) is 0 Å². The van der Waals surface area contributed by atoms with Crippen molar-refractivity contribution in [2.24, 2.45) is 5.73 Å². The van der Waals surface area contributed by atoms with E-state index in [4.69, 9.17) is 10.5 Å². The highest BCUT2D eigenvalue weighted by Gasteiger charge is 2.14. The molecule has 0 aromatic heterocycles. The first-order valence-corrected chi connectivity index (χ1v) is 5.81. The van der Waals surface area contributed by atoms with E-state index in [-0.39, 0.29) is 5.91 Å². The van der Waals surface area contributed by atoms with E-state index < -0.39 is 0 Å². The second-order valence-corrected chi connectivity index (χ2v) is 3.71. The van der Waals surface area contributed by atoms with Gasteiger partial charge in [0.2, 0.25) is 5.91 Å². The largest absolute Gasteiger partial charge is 0.379 e. The van der Waals surface area contributed by atoms with Crippen LogP contribution in [0.2, 0.25) is 0 Å². The second-order valence-electron chi connectivity index (χ2n) is 3.71. The van der Waals surface area contributed by atoms with E-state index in [1.807, 2.05) is 4.90 Å². The van der Waals surface area contributed by atoms with Gasteiger partial charge in [-0.2, -0.15) is 0 Å². The first-order chi connectivity index (χ1) is 7.84. The summed E-state index contributed by atoms with van der Waals surface area (Å²) in [5, 5.41) is 6.28. The van der Waals surface area contributed by atoms with Gasteiger partial charge in [-0.05, 0) is 0 Å². The summed E-state index contributed by atoms with van der Waals surface area (Å²) in [5.41, 5.74) is 5.28. The van der Waals surface area contributed by atoms with Gasteiger partial charge in [-0.1, -0.05) is 0 Å². The van der Waals surface area contributed by atoms with E-state index in [2.05, 4.69) is 10.6 Å². The molecule has 1 aliphatic rings. The van der Waals surface area contributed by atoms with Crippen molar-refractivity contribution in [3.8, 4) is 0 Å². The molecule has 0 bridgehead atoms. The molecule has 16 heavy (non-hydrogen) atoms. The number of piperazine rings is 1. The van der Waals surface area contributed by atoms with Crippen molar-refractivity contribution in [3.63, 3.8) is 0 Å². The Morgan fingerprint density at radius 2 is 2.12 bits per heavy atom. The van der Waals surface area contributed by atoms with Gasteiger partial charge >= 0.3 is 0 Å². The molecule has 0 atom stereocenters. The molecule has 0 saturated carbocycles. The maximum atomic E-state index is 11.7. The molecule has 0 radical (unpaired) electrons. The molecule has 1 amide bonds. The SMILES string of the molecule is NCCOCCNCC(=O)N1CCNCC1. The lowest BCUT2D eigenvalue weighted by atomic mass is 10.3. The zero-order valence-electron chi connectivity index (χ0n) is 9.71. The number of nitrogens with two attached hydrogens (primary N) is 1. The summed E-state index contributed by atoms with van der Waals surface area (Å²) >= 11 is 0. The molecule has 1 saturated heterocycles. The van der Waals surface area contributed by atoms with E-state index in [0.29, 0.717) is 32.8 Å².